The number of carbonyl (C=O) groups is 1. The molecule has 0 saturated carbocycles. The first kappa shape index (κ1) is 21.3. The number of hydrogen-bond acceptors (Lipinski definition) is 3. The summed E-state index contributed by atoms with van der Waals surface area (Å²) < 4.78 is 66.6. The number of benzene rings is 3. The maximum atomic E-state index is 13.3. The fraction of sp³-hybridized carbons (Fsp3) is 0.227. The summed E-state index contributed by atoms with van der Waals surface area (Å²) in [5.41, 5.74) is -0.706. The van der Waals surface area contributed by atoms with Crippen LogP contribution in [0.4, 0.5) is 13.2 Å². The molecule has 0 bridgehead atoms. The number of hydrogen-bond donors (Lipinski definition) is 0. The zero-order valence-electron chi connectivity index (χ0n) is 16.3. The standard InChI is InChI=1S/C22H19F3N2O3S/c23-22(24,25)19-7-3-4-8-20(19)31(29,30)27-13-11-26(12-14-27)21(28)18-10-9-16-5-1-2-6-17(16)15-18/h1-10,15H,11-14H2. The molecule has 162 valence electrons. The first-order chi connectivity index (χ1) is 14.7. The molecule has 3 aromatic carbocycles. The lowest BCUT2D eigenvalue weighted by molar-refractivity contribution is -0.139. The first-order valence-electron chi connectivity index (χ1n) is 9.62. The third-order valence-corrected chi connectivity index (χ3v) is 7.29. The predicted octanol–water partition coefficient (Wildman–Crippen LogP) is 4.01. The van der Waals surface area contributed by atoms with Crippen LogP contribution in [0.3, 0.4) is 0 Å². The van der Waals surface area contributed by atoms with Crippen LogP contribution >= 0.6 is 0 Å². The third kappa shape index (κ3) is 4.15. The highest BCUT2D eigenvalue weighted by Crippen LogP contribution is 2.35. The molecule has 1 saturated heterocycles. The molecule has 5 nitrogen and oxygen atoms in total. The maximum Gasteiger partial charge on any atom is 0.417 e. The lowest BCUT2D eigenvalue weighted by Gasteiger charge is -2.34. The van der Waals surface area contributed by atoms with Crippen LogP contribution in [-0.2, 0) is 16.2 Å². The van der Waals surface area contributed by atoms with Crippen LogP contribution in [0.1, 0.15) is 15.9 Å². The number of carbonyl (C=O) groups excluding carboxylic acids is 1. The average molecular weight is 448 g/mol. The van der Waals surface area contributed by atoms with Crippen molar-refractivity contribution >= 4 is 26.7 Å². The Morgan fingerprint density at radius 3 is 2.10 bits per heavy atom. The van der Waals surface area contributed by atoms with Crippen molar-refractivity contribution in [2.75, 3.05) is 26.2 Å². The van der Waals surface area contributed by atoms with Gasteiger partial charge in [-0.15, -0.1) is 0 Å². The van der Waals surface area contributed by atoms with Crippen molar-refractivity contribution in [2.45, 2.75) is 11.1 Å². The summed E-state index contributed by atoms with van der Waals surface area (Å²) in [5.74, 6) is -0.238. The highest BCUT2D eigenvalue weighted by Gasteiger charge is 2.39. The van der Waals surface area contributed by atoms with Crippen molar-refractivity contribution in [2.24, 2.45) is 0 Å². The number of alkyl halides is 3. The summed E-state index contributed by atoms with van der Waals surface area (Å²) in [7, 11) is -4.34. The van der Waals surface area contributed by atoms with Crippen LogP contribution in [0, 0.1) is 0 Å². The van der Waals surface area contributed by atoms with Gasteiger partial charge in [0.2, 0.25) is 10.0 Å². The van der Waals surface area contributed by atoms with E-state index in [2.05, 4.69) is 0 Å². The number of halogens is 3. The minimum absolute atomic E-state index is 0.0755. The maximum absolute atomic E-state index is 13.3. The van der Waals surface area contributed by atoms with Gasteiger partial charge >= 0.3 is 6.18 Å². The largest absolute Gasteiger partial charge is 0.417 e. The van der Waals surface area contributed by atoms with E-state index in [-0.39, 0.29) is 32.1 Å². The number of sulfonamides is 1. The molecule has 0 N–H and O–H groups in total. The third-order valence-electron chi connectivity index (χ3n) is 5.33. The van der Waals surface area contributed by atoms with E-state index in [9.17, 15) is 26.4 Å². The van der Waals surface area contributed by atoms with E-state index in [4.69, 9.17) is 0 Å². The summed E-state index contributed by atoms with van der Waals surface area (Å²) >= 11 is 0. The van der Waals surface area contributed by atoms with Crippen LogP contribution in [0.2, 0.25) is 0 Å². The zero-order valence-corrected chi connectivity index (χ0v) is 17.2. The smallest absolute Gasteiger partial charge is 0.336 e. The van der Waals surface area contributed by atoms with Crippen molar-refractivity contribution in [1.82, 2.24) is 9.21 Å². The molecule has 31 heavy (non-hydrogen) atoms. The fourth-order valence-electron chi connectivity index (χ4n) is 3.70. The number of piperazine rings is 1. The molecule has 4 rings (SSSR count). The van der Waals surface area contributed by atoms with Gasteiger partial charge in [-0.1, -0.05) is 42.5 Å². The van der Waals surface area contributed by atoms with Crippen LogP contribution in [-0.4, -0.2) is 49.7 Å². The molecule has 0 unspecified atom stereocenters. The second kappa shape index (κ2) is 7.97. The highest BCUT2D eigenvalue weighted by atomic mass is 32.2. The van der Waals surface area contributed by atoms with Crippen molar-refractivity contribution in [3.05, 3.63) is 77.9 Å². The molecule has 0 radical (unpaired) electrons. The molecule has 1 aliphatic heterocycles. The molecule has 0 aliphatic carbocycles. The molecular formula is C22H19F3N2O3S. The Hall–Kier alpha value is -2.91. The number of amides is 1. The SMILES string of the molecule is O=C(c1ccc2ccccc2c1)N1CCN(S(=O)(=O)c2ccccc2C(F)(F)F)CC1. The molecule has 0 spiro atoms. The Labute approximate surface area is 177 Å². The minimum atomic E-state index is -4.78. The summed E-state index contributed by atoms with van der Waals surface area (Å²) in [6, 6.07) is 17.1. The fourth-order valence-corrected chi connectivity index (χ4v) is 5.34. The number of fused-ring (bicyclic) bond motifs is 1. The molecular weight excluding hydrogens is 429 g/mol. The van der Waals surface area contributed by atoms with Gasteiger partial charge in [-0.3, -0.25) is 4.79 Å². The van der Waals surface area contributed by atoms with Crippen molar-refractivity contribution in [3.8, 4) is 0 Å². The Kier molecular flexibility index (Phi) is 5.49. The van der Waals surface area contributed by atoms with Crippen LogP contribution < -0.4 is 0 Å². The zero-order chi connectivity index (χ0) is 22.2. The van der Waals surface area contributed by atoms with E-state index in [0.717, 1.165) is 33.3 Å². The topological polar surface area (TPSA) is 57.7 Å². The van der Waals surface area contributed by atoms with Crippen LogP contribution in [0.15, 0.2) is 71.6 Å². The number of nitrogens with zero attached hydrogens (tertiary/aromatic N) is 2. The van der Waals surface area contributed by atoms with E-state index in [0.29, 0.717) is 5.56 Å². The van der Waals surface area contributed by atoms with Crippen molar-refractivity contribution < 1.29 is 26.4 Å². The van der Waals surface area contributed by atoms with E-state index < -0.39 is 26.7 Å². The van der Waals surface area contributed by atoms with Gasteiger partial charge in [0.05, 0.1) is 10.5 Å². The first-order valence-corrected chi connectivity index (χ1v) is 11.1. The molecule has 0 atom stereocenters. The molecule has 3 aromatic rings. The molecule has 9 heteroatoms. The van der Waals surface area contributed by atoms with E-state index >= 15 is 0 Å². The second-order valence-electron chi connectivity index (χ2n) is 7.25. The molecule has 1 aliphatic rings. The highest BCUT2D eigenvalue weighted by molar-refractivity contribution is 7.89. The van der Waals surface area contributed by atoms with Gasteiger partial charge in [0, 0.05) is 31.7 Å². The van der Waals surface area contributed by atoms with Crippen LogP contribution in [0.5, 0.6) is 0 Å². The second-order valence-corrected chi connectivity index (χ2v) is 9.16. The van der Waals surface area contributed by atoms with Gasteiger partial charge in [-0.05, 0) is 35.0 Å². The monoisotopic (exact) mass is 448 g/mol. The van der Waals surface area contributed by atoms with E-state index in [1.807, 2.05) is 30.3 Å². The van der Waals surface area contributed by atoms with Gasteiger partial charge in [-0.2, -0.15) is 17.5 Å². The average Bonchev–Trinajstić information content (AvgIpc) is 2.78. The van der Waals surface area contributed by atoms with Crippen molar-refractivity contribution in [1.29, 1.82) is 0 Å². The quantitative estimate of drug-likeness (QED) is 0.609. The Morgan fingerprint density at radius 1 is 0.806 bits per heavy atom. The molecule has 1 amide bonds. The van der Waals surface area contributed by atoms with Crippen LogP contribution in [0.25, 0.3) is 10.8 Å². The Bertz CT molecular complexity index is 1230. The molecule has 1 heterocycles. The van der Waals surface area contributed by atoms with Crippen molar-refractivity contribution in [3.63, 3.8) is 0 Å². The lowest BCUT2D eigenvalue weighted by atomic mass is 10.1. The Morgan fingerprint density at radius 2 is 1.42 bits per heavy atom. The predicted molar refractivity (Wildman–Crippen MR) is 110 cm³/mol. The van der Waals surface area contributed by atoms with Gasteiger partial charge in [-0.25, -0.2) is 8.42 Å². The molecule has 0 aromatic heterocycles. The van der Waals surface area contributed by atoms with E-state index in [1.54, 1.807) is 12.1 Å². The molecule has 1 fully saturated rings. The van der Waals surface area contributed by atoms with Gasteiger partial charge < -0.3 is 4.90 Å². The normalized spacial score (nSPS) is 15.9. The van der Waals surface area contributed by atoms with Gasteiger partial charge in [0.25, 0.3) is 5.91 Å². The van der Waals surface area contributed by atoms with E-state index in [1.165, 1.54) is 11.0 Å². The lowest BCUT2D eigenvalue weighted by Crippen LogP contribution is -2.50. The minimum Gasteiger partial charge on any atom is -0.336 e. The Balaban J connectivity index is 1.51. The van der Waals surface area contributed by atoms with Gasteiger partial charge in [0.1, 0.15) is 0 Å². The summed E-state index contributed by atoms with van der Waals surface area (Å²) in [4.78, 5) is 13.6. The summed E-state index contributed by atoms with van der Waals surface area (Å²) in [6.07, 6.45) is -4.78. The summed E-state index contributed by atoms with van der Waals surface area (Å²) in [5, 5.41) is 1.91. The number of rotatable bonds is 3. The van der Waals surface area contributed by atoms with Gasteiger partial charge in [0.15, 0.2) is 0 Å². The summed E-state index contributed by atoms with van der Waals surface area (Å²) in [6.45, 7) is 0.0415.